The molecule has 0 spiro atoms. The van der Waals surface area contributed by atoms with E-state index in [2.05, 4.69) is 4.98 Å². The van der Waals surface area contributed by atoms with Crippen molar-refractivity contribution in [1.82, 2.24) is 4.98 Å². The van der Waals surface area contributed by atoms with Crippen LogP contribution in [0.3, 0.4) is 0 Å². The standard InChI is InChI=1S/C21H21NO4S/c1-13-7-6-8-14(2)18(13)26-12-11-25-17-10-5-4-9-16(17)20-22-15(3)19(27-20)21(23)24/h4-10H,11-12H2,1-3H3,(H,23,24). The number of carbonyl (C=O) groups is 1. The Labute approximate surface area is 162 Å². The summed E-state index contributed by atoms with van der Waals surface area (Å²) >= 11 is 1.15. The zero-order valence-corrected chi connectivity index (χ0v) is 16.3. The topological polar surface area (TPSA) is 68.7 Å². The summed E-state index contributed by atoms with van der Waals surface area (Å²) in [4.78, 5) is 15.9. The second-order valence-electron chi connectivity index (χ2n) is 6.15. The van der Waals surface area contributed by atoms with Gasteiger partial charge in [-0.25, -0.2) is 9.78 Å². The summed E-state index contributed by atoms with van der Waals surface area (Å²) in [7, 11) is 0. The van der Waals surface area contributed by atoms with Crippen molar-refractivity contribution in [2.75, 3.05) is 13.2 Å². The van der Waals surface area contributed by atoms with Crippen LogP contribution in [0, 0.1) is 20.8 Å². The first-order valence-electron chi connectivity index (χ1n) is 8.59. The van der Waals surface area contributed by atoms with Crippen LogP contribution < -0.4 is 9.47 Å². The molecule has 0 radical (unpaired) electrons. The number of aryl methyl sites for hydroxylation is 3. The van der Waals surface area contributed by atoms with Crippen LogP contribution in [0.15, 0.2) is 42.5 Å². The van der Waals surface area contributed by atoms with Crippen molar-refractivity contribution in [1.29, 1.82) is 0 Å². The summed E-state index contributed by atoms with van der Waals surface area (Å²) in [6, 6.07) is 13.5. The van der Waals surface area contributed by atoms with E-state index in [0.29, 0.717) is 29.7 Å². The van der Waals surface area contributed by atoms with Crippen LogP contribution in [0.2, 0.25) is 0 Å². The number of ether oxygens (including phenoxy) is 2. The lowest BCUT2D eigenvalue weighted by atomic mass is 10.1. The van der Waals surface area contributed by atoms with Crippen molar-refractivity contribution >= 4 is 17.3 Å². The van der Waals surface area contributed by atoms with Crippen molar-refractivity contribution in [2.24, 2.45) is 0 Å². The molecule has 1 aromatic heterocycles. The molecular formula is C21H21NO4S. The van der Waals surface area contributed by atoms with E-state index in [4.69, 9.17) is 9.47 Å². The molecule has 5 nitrogen and oxygen atoms in total. The van der Waals surface area contributed by atoms with Gasteiger partial charge < -0.3 is 14.6 Å². The number of benzene rings is 2. The van der Waals surface area contributed by atoms with Crippen molar-refractivity contribution in [2.45, 2.75) is 20.8 Å². The van der Waals surface area contributed by atoms with Crippen molar-refractivity contribution in [3.63, 3.8) is 0 Å². The predicted octanol–water partition coefficient (Wildman–Crippen LogP) is 4.89. The van der Waals surface area contributed by atoms with Gasteiger partial charge in [-0.05, 0) is 44.0 Å². The van der Waals surface area contributed by atoms with Crippen molar-refractivity contribution in [3.8, 4) is 22.1 Å². The Morgan fingerprint density at radius 1 is 1.00 bits per heavy atom. The first kappa shape index (κ1) is 18.9. The van der Waals surface area contributed by atoms with Gasteiger partial charge in [0.25, 0.3) is 0 Å². The Morgan fingerprint density at radius 2 is 1.67 bits per heavy atom. The average Bonchev–Trinajstić information content (AvgIpc) is 3.03. The van der Waals surface area contributed by atoms with Crippen molar-refractivity contribution in [3.05, 3.63) is 64.2 Å². The third-order valence-corrected chi connectivity index (χ3v) is 5.28. The minimum absolute atomic E-state index is 0.248. The average molecular weight is 383 g/mol. The zero-order chi connectivity index (χ0) is 19.4. The summed E-state index contributed by atoms with van der Waals surface area (Å²) in [6.45, 7) is 6.52. The molecule has 140 valence electrons. The Balaban J connectivity index is 1.70. The number of carboxylic acids is 1. The molecule has 0 saturated carbocycles. The number of nitrogens with zero attached hydrogens (tertiary/aromatic N) is 1. The first-order valence-corrected chi connectivity index (χ1v) is 9.41. The molecule has 6 heteroatoms. The summed E-state index contributed by atoms with van der Waals surface area (Å²) in [6.07, 6.45) is 0. The van der Waals surface area contributed by atoms with Gasteiger partial charge in [-0.1, -0.05) is 30.3 Å². The van der Waals surface area contributed by atoms with E-state index >= 15 is 0 Å². The number of aromatic carboxylic acids is 1. The monoisotopic (exact) mass is 383 g/mol. The molecule has 0 saturated heterocycles. The van der Waals surface area contributed by atoms with Gasteiger partial charge in [-0.3, -0.25) is 0 Å². The summed E-state index contributed by atoms with van der Waals surface area (Å²) < 4.78 is 11.8. The molecule has 0 unspecified atom stereocenters. The van der Waals surface area contributed by atoms with E-state index in [1.54, 1.807) is 6.92 Å². The third kappa shape index (κ3) is 4.28. The fourth-order valence-corrected chi connectivity index (χ4v) is 3.74. The number of para-hydroxylation sites is 2. The predicted molar refractivity (Wildman–Crippen MR) is 106 cm³/mol. The van der Waals surface area contributed by atoms with Crippen LogP contribution in [0.1, 0.15) is 26.5 Å². The van der Waals surface area contributed by atoms with E-state index in [0.717, 1.165) is 33.8 Å². The maximum absolute atomic E-state index is 11.3. The van der Waals surface area contributed by atoms with Gasteiger partial charge in [0.05, 0.1) is 11.3 Å². The van der Waals surface area contributed by atoms with Gasteiger partial charge in [-0.15, -0.1) is 11.3 Å². The lowest BCUT2D eigenvalue weighted by Crippen LogP contribution is -2.10. The molecule has 3 aromatic rings. The van der Waals surface area contributed by atoms with Crippen LogP contribution in [0.25, 0.3) is 10.6 Å². The quantitative estimate of drug-likeness (QED) is 0.588. The molecule has 0 atom stereocenters. The Bertz CT molecular complexity index is 944. The van der Waals surface area contributed by atoms with Crippen LogP contribution in [0.4, 0.5) is 0 Å². The number of thiazole rings is 1. The van der Waals surface area contributed by atoms with Gasteiger partial charge >= 0.3 is 5.97 Å². The number of hydrogen-bond acceptors (Lipinski definition) is 5. The highest BCUT2D eigenvalue weighted by Gasteiger charge is 2.17. The van der Waals surface area contributed by atoms with Crippen LogP contribution in [0.5, 0.6) is 11.5 Å². The molecule has 1 N–H and O–H groups in total. The molecular weight excluding hydrogens is 362 g/mol. The fraction of sp³-hybridized carbons (Fsp3) is 0.238. The summed E-state index contributed by atoms with van der Waals surface area (Å²) in [5, 5.41) is 9.88. The molecule has 0 amide bonds. The van der Waals surface area contributed by atoms with Gasteiger partial charge in [0.1, 0.15) is 34.6 Å². The highest BCUT2D eigenvalue weighted by atomic mass is 32.1. The second kappa shape index (κ2) is 8.22. The highest BCUT2D eigenvalue weighted by molar-refractivity contribution is 7.17. The molecule has 0 fully saturated rings. The first-order chi connectivity index (χ1) is 13.0. The molecule has 1 heterocycles. The van der Waals surface area contributed by atoms with E-state index < -0.39 is 5.97 Å². The maximum atomic E-state index is 11.3. The summed E-state index contributed by atoms with van der Waals surface area (Å²) in [5.74, 6) is 0.584. The maximum Gasteiger partial charge on any atom is 0.347 e. The number of hydrogen-bond donors (Lipinski definition) is 1. The Hall–Kier alpha value is -2.86. The van der Waals surface area contributed by atoms with Crippen LogP contribution >= 0.6 is 11.3 Å². The van der Waals surface area contributed by atoms with E-state index in [9.17, 15) is 9.90 Å². The smallest absolute Gasteiger partial charge is 0.347 e. The zero-order valence-electron chi connectivity index (χ0n) is 15.5. The van der Waals surface area contributed by atoms with Crippen LogP contribution in [-0.2, 0) is 0 Å². The lowest BCUT2D eigenvalue weighted by molar-refractivity contribution is 0.0701. The Kier molecular flexibility index (Phi) is 5.76. The van der Waals surface area contributed by atoms with Gasteiger partial charge in [0, 0.05) is 0 Å². The number of carboxylic acid groups (broad SMARTS) is 1. The molecule has 3 rings (SSSR count). The van der Waals surface area contributed by atoms with Crippen molar-refractivity contribution < 1.29 is 19.4 Å². The molecule has 0 aliphatic carbocycles. The van der Waals surface area contributed by atoms with Gasteiger partial charge in [0.2, 0.25) is 0 Å². The molecule has 27 heavy (non-hydrogen) atoms. The minimum Gasteiger partial charge on any atom is -0.489 e. The molecule has 0 bridgehead atoms. The lowest BCUT2D eigenvalue weighted by Gasteiger charge is -2.13. The highest BCUT2D eigenvalue weighted by Crippen LogP contribution is 2.34. The second-order valence-corrected chi connectivity index (χ2v) is 7.15. The minimum atomic E-state index is -0.961. The number of aromatic nitrogens is 1. The van der Waals surface area contributed by atoms with Gasteiger partial charge in [-0.2, -0.15) is 0 Å². The fourth-order valence-electron chi connectivity index (χ4n) is 2.80. The molecule has 2 aromatic carbocycles. The van der Waals surface area contributed by atoms with Crippen LogP contribution in [-0.4, -0.2) is 29.3 Å². The van der Waals surface area contributed by atoms with E-state index in [-0.39, 0.29) is 4.88 Å². The van der Waals surface area contributed by atoms with Gasteiger partial charge in [0.15, 0.2) is 0 Å². The summed E-state index contributed by atoms with van der Waals surface area (Å²) in [5.41, 5.74) is 3.48. The largest absolute Gasteiger partial charge is 0.489 e. The van der Waals surface area contributed by atoms with E-state index in [1.165, 1.54) is 0 Å². The van der Waals surface area contributed by atoms with E-state index in [1.807, 2.05) is 56.3 Å². The molecule has 0 aliphatic heterocycles. The Morgan fingerprint density at radius 3 is 2.33 bits per heavy atom. The molecule has 0 aliphatic rings. The normalized spacial score (nSPS) is 10.6. The SMILES string of the molecule is Cc1cccc(C)c1OCCOc1ccccc1-c1nc(C)c(C(=O)O)s1. The number of rotatable bonds is 7. The third-order valence-electron chi connectivity index (χ3n) is 4.10.